The van der Waals surface area contributed by atoms with Gasteiger partial charge >= 0.3 is 18.2 Å². The molecular formula is C24H28ClNO7. The maximum Gasteiger partial charge on any atom is 0.419 e. The lowest BCUT2D eigenvalue weighted by atomic mass is 9.96. The Morgan fingerprint density at radius 1 is 1.09 bits per heavy atom. The van der Waals surface area contributed by atoms with E-state index in [1.807, 2.05) is 13.0 Å². The third-order valence-electron chi connectivity index (χ3n) is 4.57. The number of carboxylic acids is 1. The van der Waals surface area contributed by atoms with Crippen molar-refractivity contribution in [1.82, 2.24) is 4.90 Å². The van der Waals surface area contributed by atoms with Crippen LogP contribution in [-0.4, -0.2) is 54.0 Å². The van der Waals surface area contributed by atoms with Crippen LogP contribution in [-0.2, 0) is 14.2 Å². The standard InChI is InChI=1S/C24H28ClNO7/c1-15-9-10-18(25)14-19(15)20(16-7-6-8-17(13-16)21(27)28)32-12-11-26(22(29)31-5)23(30)33-24(2,3)4/h6-10,13-14,20H,11-12H2,1-5H3,(H,27,28)/t20-/m0/s1. The Hall–Kier alpha value is -3.10. The molecular weight excluding hydrogens is 450 g/mol. The second-order valence-corrected chi connectivity index (χ2v) is 8.72. The molecule has 0 aliphatic rings. The summed E-state index contributed by atoms with van der Waals surface area (Å²) < 4.78 is 16.1. The minimum absolute atomic E-state index is 0.0672. The van der Waals surface area contributed by atoms with Crippen molar-refractivity contribution in [1.29, 1.82) is 0 Å². The topological polar surface area (TPSA) is 102 Å². The molecule has 0 aliphatic heterocycles. The minimum atomic E-state index is -1.07. The van der Waals surface area contributed by atoms with E-state index >= 15 is 0 Å². The number of hydrogen-bond acceptors (Lipinski definition) is 6. The Balaban J connectivity index is 2.32. The van der Waals surface area contributed by atoms with Gasteiger partial charge in [-0.05, 0) is 68.7 Å². The minimum Gasteiger partial charge on any atom is -0.478 e. The van der Waals surface area contributed by atoms with E-state index in [4.69, 9.17) is 25.8 Å². The number of methoxy groups -OCH3 is 1. The van der Waals surface area contributed by atoms with Gasteiger partial charge in [0.25, 0.3) is 0 Å². The first-order valence-corrected chi connectivity index (χ1v) is 10.6. The van der Waals surface area contributed by atoms with E-state index in [-0.39, 0.29) is 18.7 Å². The fourth-order valence-electron chi connectivity index (χ4n) is 3.04. The summed E-state index contributed by atoms with van der Waals surface area (Å²) in [7, 11) is 1.16. The Bertz CT molecular complexity index is 1020. The van der Waals surface area contributed by atoms with Gasteiger partial charge in [-0.3, -0.25) is 0 Å². The van der Waals surface area contributed by atoms with Crippen molar-refractivity contribution in [2.75, 3.05) is 20.3 Å². The number of aryl methyl sites for hydroxylation is 1. The van der Waals surface area contributed by atoms with Gasteiger partial charge in [0.1, 0.15) is 11.7 Å². The van der Waals surface area contributed by atoms with Gasteiger partial charge in [-0.1, -0.05) is 29.8 Å². The Labute approximate surface area is 198 Å². The van der Waals surface area contributed by atoms with Crippen LogP contribution < -0.4 is 0 Å². The van der Waals surface area contributed by atoms with Gasteiger partial charge in [0.15, 0.2) is 0 Å². The molecule has 0 aromatic heterocycles. The summed E-state index contributed by atoms with van der Waals surface area (Å²) in [6.45, 7) is 6.72. The lowest BCUT2D eigenvalue weighted by Gasteiger charge is -2.26. The first kappa shape index (κ1) is 26.2. The summed E-state index contributed by atoms with van der Waals surface area (Å²) in [4.78, 5) is 36.9. The molecule has 2 amide bonds. The molecule has 2 rings (SSSR count). The van der Waals surface area contributed by atoms with Crippen LogP contribution in [0.15, 0.2) is 42.5 Å². The third-order valence-corrected chi connectivity index (χ3v) is 4.80. The lowest BCUT2D eigenvalue weighted by Crippen LogP contribution is -2.42. The number of rotatable bonds is 7. The number of nitrogens with zero attached hydrogens (tertiary/aromatic N) is 1. The van der Waals surface area contributed by atoms with Gasteiger partial charge in [0.2, 0.25) is 0 Å². The van der Waals surface area contributed by atoms with Crippen molar-refractivity contribution < 1.29 is 33.7 Å². The van der Waals surface area contributed by atoms with E-state index in [0.29, 0.717) is 10.6 Å². The molecule has 0 heterocycles. The van der Waals surface area contributed by atoms with E-state index in [9.17, 15) is 19.5 Å². The molecule has 0 aliphatic carbocycles. The summed E-state index contributed by atoms with van der Waals surface area (Å²) in [6.07, 6.45) is -2.43. The van der Waals surface area contributed by atoms with Gasteiger partial charge in [0, 0.05) is 5.02 Å². The highest BCUT2D eigenvalue weighted by atomic mass is 35.5. The van der Waals surface area contributed by atoms with Crippen LogP contribution >= 0.6 is 11.6 Å². The van der Waals surface area contributed by atoms with E-state index in [2.05, 4.69) is 0 Å². The summed E-state index contributed by atoms with van der Waals surface area (Å²) in [6, 6.07) is 11.7. The summed E-state index contributed by atoms with van der Waals surface area (Å²) in [5.41, 5.74) is 1.49. The maximum absolute atomic E-state index is 12.5. The molecule has 1 atom stereocenters. The van der Waals surface area contributed by atoms with Crippen LogP contribution in [0, 0.1) is 6.92 Å². The number of amides is 2. The predicted octanol–water partition coefficient (Wildman–Crippen LogP) is 5.46. The highest BCUT2D eigenvalue weighted by Gasteiger charge is 2.28. The normalized spacial score (nSPS) is 12.1. The Kier molecular flexibility index (Phi) is 8.84. The highest BCUT2D eigenvalue weighted by molar-refractivity contribution is 6.30. The van der Waals surface area contributed by atoms with Gasteiger partial charge in [-0.15, -0.1) is 0 Å². The maximum atomic E-state index is 12.5. The molecule has 0 spiro atoms. The molecule has 33 heavy (non-hydrogen) atoms. The predicted molar refractivity (Wildman–Crippen MR) is 123 cm³/mol. The number of benzene rings is 2. The molecule has 178 valence electrons. The zero-order chi connectivity index (χ0) is 24.8. The number of carbonyl (C=O) groups excluding carboxylic acids is 2. The fraction of sp³-hybridized carbons (Fsp3) is 0.375. The molecule has 2 aromatic rings. The van der Waals surface area contributed by atoms with Crippen LogP contribution in [0.5, 0.6) is 0 Å². The first-order chi connectivity index (χ1) is 15.4. The molecule has 0 unspecified atom stereocenters. The molecule has 0 bridgehead atoms. The highest BCUT2D eigenvalue weighted by Crippen LogP contribution is 2.31. The number of carbonyl (C=O) groups is 3. The molecule has 1 N–H and O–H groups in total. The molecule has 9 heteroatoms. The number of ether oxygens (including phenoxy) is 3. The van der Waals surface area contributed by atoms with Gasteiger partial charge < -0.3 is 19.3 Å². The Morgan fingerprint density at radius 2 is 1.79 bits per heavy atom. The second-order valence-electron chi connectivity index (χ2n) is 8.28. The van der Waals surface area contributed by atoms with Crippen LogP contribution in [0.3, 0.4) is 0 Å². The van der Waals surface area contributed by atoms with Crippen molar-refractivity contribution in [3.63, 3.8) is 0 Å². The average molecular weight is 478 g/mol. The Morgan fingerprint density at radius 3 is 2.39 bits per heavy atom. The largest absolute Gasteiger partial charge is 0.478 e. The number of carboxylic acid groups (broad SMARTS) is 1. The second kappa shape index (κ2) is 11.2. The van der Waals surface area contributed by atoms with E-state index in [0.717, 1.165) is 23.1 Å². The summed E-state index contributed by atoms with van der Waals surface area (Å²) in [5.74, 6) is -1.07. The average Bonchev–Trinajstić information content (AvgIpc) is 2.74. The lowest BCUT2D eigenvalue weighted by molar-refractivity contribution is 0.0123. The van der Waals surface area contributed by atoms with Crippen LogP contribution in [0.2, 0.25) is 5.02 Å². The number of aromatic carboxylic acids is 1. The van der Waals surface area contributed by atoms with E-state index in [1.54, 1.807) is 45.0 Å². The molecule has 8 nitrogen and oxygen atoms in total. The van der Waals surface area contributed by atoms with Crippen molar-refractivity contribution in [2.24, 2.45) is 0 Å². The zero-order valence-corrected chi connectivity index (χ0v) is 20.0. The van der Waals surface area contributed by atoms with Crippen LogP contribution in [0.4, 0.5) is 9.59 Å². The van der Waals surface area contributed by atoms with Crippen molar-refractivity contribution >= 4 is 29.8 Å². The first-order valence-electron chi connectivity index (χ1n) is 10.2. The molecule has 0 saturated carbocycles. The molecule has 0 saturated heterocycles. The SMILES string of the molecule is COC(=O)N(CCO[C@@H](c1cccc(C(=O)O)c1)c1cc(Cl)ccc1C)C(=O)OC(C)(C)C. The van der Waals surface area contributed by atoms with Crippen LogP contribution in [0.25, 0.3) is 0 Å². The number of hydrogen-bond donors (Lipinski definition) is 1. The monoisotopic (exact) mass is 477 g/mol. The zero-order valence-electron chi connectivity index (χ0n) is 19.3. The van der Waals surface area contributed by atoms with Crippen molar-refractivity contribution in [2.45, 2.75) is 39.4 Å². The number of halogens is 1. The van der Waals surface area contributed by atoms with Gasteiger partial charge in [0.05, 0.1) is 25.8 Å². The van der Waals surface area contributed by atoms with Crippen molar-refractivity contribution in [3.05, 3.63) is 69.7 Å². The fourth-order valence-corrected chi connectivity index (χ4v) is 3.22. The van der Waals surface area contributed by atoms with Gasteiger partial charge in [-0.25, -0.2) is 19.3 Å². The smallest absolute Gasteiger partial charge is 0.419 e. The summed E-state index contributed by atoms with van der Waals surface area (Å²) in [5, 5.41) is 9.87. The molecule has 0 radical (unpaired) electrons. The quantitative estimate of drug-likeness (QED) is 0.565. The molecule has 0 fully saturated rings. The third kappa shape index (κ3) is 7.47. The van der Waals surface area contributed by atoms with E-state index < -0.39 is 29.9 Å². The van der Waals surface area contributed by atoms with E-state index in [1.165, 1.54) is 12.1 Å². The molecule has 2 aromatic carbocycles. The van der Waals surface area contributed by atoms with Crippen molar-refractivity contribution in [3.8, 4) is 0 Å². The van der Waals surface area contributed by atoms with Crippen LogP contribution in [0.1, 0.15) is 53.9 Å². The summed E-state index contributed by atoms with van der Waals surface area (Å²) >= 11 is 6.20. The number of imide groups is 1. The van der Waals surface area contributed by atoms with Gasteiger partial charge in [-0.2, -0.15) is 0 Å².